The van der Waals surface area contributed by atoms with Crippen molar-refractivity contribution in [2.45, 2.75) is 33.0 Å². The average molecular weight is 170 g/mol. The smallest absolute Gasteiger partial charge is 0.240 e. The topological polar surface area (TPSA) is 32.7 Å². The molecule has 3 nitrogen and oxygen atoms in total. The normalized spacial score (nSPS) is 19.1. The lowest BCUT2D eigenvalue weighted by atomic mass is 10.3. The molecule has 0 saturated heterocycles. The zero-order valence-electron chi connectivity index (χ0n) is 7.51. The SMILES string of the molecule is CC1=NN([Si](C)(C)C)C(=O)C1. The summed E-state index contributed by atoms with van der Waals surface area (Å²) in [6, 6.07) is 0. The molecule has 1 heterocycles. The van der Waals surface area contributed by atoms with Crippen LogP contribution in [-0.4, -0.2) is 24.5 Å². The highest BCUT2D eigenvalue weighted by molar-refractivity contribution is 6.75. The van der Waals surface area contributed by atoms with Crippen LogP contribution in [0.1, 0.15) is 13.3 Å². The van der Waals surface area contributed by atoms with E-state index in [0.29, 0.717) is 6.42 Å². The van der Waals surface area contributed by atoms with Gasteiger partial charge in [-0.2, -0.15) is 5.10 Å². The first kappa shape index (κ1) is 8.45. The van der Waals surface area contributed by atoms with Crippen molar-refractivity contribution in [3.63, 3.8) is 0 Å². The fourth-order valence-electron chi connectivity index (χ4n) is 1.08. The third-order valence-corrected chi connectivity index (χ3v) is 3.17. The first-order valence-corrected chi connectivity index (χ1v) is 7.23. The van der Waals surface area contributed by atoms with Crippen molar-refractivity contribution in [3.05, 3.63) is 0 Å². The van der Waals surface area contributed by atoms with Gasteiger partial charge in [-0.15, -0.1) is 0 Å². The molecule has 0 bridgehead atoms. The Balaban J connectivity index is 2.82. The molecule has 0 spiro atoms. The molecule has 0 aromatic rings. The molecule has 0 aliphatic carbocycles. The van der Waals surface area contributed by atoms with Crippen molar-refractivity contribution < 1.29 is 4.79 Å². The van der Waals surface area contributed by atoms with E-state index >= 15 is 0 Å². The maximum atomic E-state index is 11.3. The van der Waals surface area contributed by atoms with Crippen molar-refractivity contribution in [2.24, 2.45) is 5.10 Å². The van der Waals surface area contributed by atoms with Gasteiger partial charge >= 0.3 is 0 Å². The molecule has 0 saturated carbocycles. The standard InChI is InChI=1S/C7H14N2OSi/c1-6-5-7(10)9(8-6)11(2,3)4/h5H2,1-4H3. The van der Waals surface area contributed by atoms with Gasteiger partial charge in [0.2, 0.25) is 5.91 Å². The highest BCUT2D eigenvalue weighted by Crippen LogP contribution is 2.17. The number of carbonyl (C=O) groups is 1. The second-order valence-electron chi connectivity index (χ2n) is 3.89. The fraction of sp³-hybridized carbons (Fsp3) is 0.714. The number of hydrazone groups is 1. The van der Waals surface area contributed by atoms with E-state index < -0.39 is 8.24 Å². The lowest BCUT2D eigenvalue weighted by Gasteiger charge is -2.25. The minimum Gasteiger partial charge on any atom is -0.273 e. The van der Waals surface area contributed by atoms with Crippen LogP contribution in [0.4, 0.5) is 0 Å². The summed E-state index contributed by atoms with van der Waals surface area (Å²) in [4.78, 5) is 11.3. The first-order valence-electron chi connectivity index (χ1n) is 3.78. The van der Waals surface area contributed by atoms with Crippen LogP contribution in [-0.2, 0) is 4.79 Å². The molecule has 1 aliphatic rings. The minimum atomic E-state index is -1.53. The summed E-state index contributed by atoms with van der Waals surface area (Å²) in [6.07, 6.45) is 0.518. The summed E-state index contributed by atoms with van der Waals surface area (Å²) in [5.41, 5.74) is 0.942. The van der Waals surface area contributed by atoms with E-state index in [0.717, 1.165) is 5.71 Å². The van der Waals surface area contributed by atoms with Crippen LogP contribution in [0, 0.1) is 0 Å². The third kappa shape index (κ3) is 1.68. The van der Waals surface area contributed by atoms with E-state index in [9.17, 15) is 4.79 Å². The Bertz CT molecular complexity index is 217. The zero-order chi connectivity index (χ0) is 8.65. The molecule has 11 heavy (non-hydrogen) atoms. The van der Waals surface area contributed by atoms with E-state index in [-0.39, 0.29) is 5.91 Å². The minimum absolute atomic E-state index is 0.168. The van der Waals surface area contributed by atoms with Crippen molar-refractivity contribution in [3.8, 4) is 0 Å². The highest BCUT2D eigenvalue weighted by atomic mass is 28.3. The van der Waals surface area contributed by atoms with Crippen molar-refractivity contribution in [1.82, 2.24) is 4.67 Å². The molecular weight excluding hydrogens is 156 g/mol. The monoisotopic (exact) mass is 170 g/mol. The van der Waals surface area contributed by atoms with Crippen LogP contribution in [0.5, 0.6) is 0 Å². The number of nitrogens with zero attached hydrogens (tertiary/aromatic N) is 2. The average Bonchev–Trinajstić information content (AvgIpc) is 2.08. The van der Waals surface area contributed by atoms with Crippen LogP contribution in [0.2, 0.25) is 19.6 Å². The van der Waals surface area contributed by atoms with Crippen LogP contribution < -0.4 is 0 Å². The molecule has 1 aliphatic heterocycles. The molecule has 4 heteroatoms. The quantitative estimate of drug-likeness (QED) is 0.548. The maximum Gasteiger partial charge on any atom is 0.240 e. The predicted molar refractivity (Wildman–Crippen MR) is 47.9 cm³/mol. The molecular formula is C7H14N2OSi. The number of carbonyl (C=O) groups excluding carboxylic acids is 1. The van der Waals surface area contributed by atoms with Crippen molar-refractivity contribution in [2.75, 3.05) is 0 Å². The fourth-order valence-corrected chi connectivity index (χ4v) is 2.38. The summed E-state index contributed by atoms with van der Waals surface area (Å²) < 4.78 is 1.70. The summed E-state index contributed by atoms with van der Waals surface area (Å²) in [6.45, 7) is 8.25. The van der Waals surface area contributed by atoms with Crippen LogP contribution in [0.25, 0.3) is 0 Å². The molecule has 0 fully saturated rings. The van der Waals surface area contributed by atoms with E-state index in [1.54, 1.807) is 4.67 Å². The predicted octanol–water partition coefficient (Wildman–Crippen LogP) is 1.43. The Labute approximate surface area is 68.2 Å². The molecule has 0 unspecified atom stereocenters. The van der Waals surface area contributed by atoms with Crippen LogP contribution in [0.3, 0.4) is 0 Å². The summed E-state index contributed by atoms with van der Waals surface area (Å²) in [7, 11) is -1.53. The number of hydrogen-bond acceptors (Lipinski definition) is 2. The molecule has 1 rings (SSSR count). The first-order chi connectivity index (χ1) is 4.91. The summed E-state index contributed by atoms with van der Waals surface area (Å²) in [5, 5.41) is 4.20. The van der Waals surface area contributed by atoms with Crippen molar-refractivity contribution >= 4 is 19.9 Å². The lowest BCUT2D eigenvalue weighted by Crippen LogP contribution is -2.43. The molecule has 0 N–H and O–H groups in total. The van der Waals surface area contributed by atoms with Gasteiger partial charge in [0.15, 0.2) is 8.24 Å². The summed E-state index contributed by atoms with van der Waals surface area (Å²) >= 11 is 0. The van der Waals surface area contributed by atoms with Gasteiger partial charge in [0.1, 0.15) is 0 Å². The van der Waals surface area contributed by atoms with Gasteiger partial charge in [-0.3, -0.25) is 9.47 Å². The molecule has 0 aromatic heterocycles. The van der Waals surface area contributed by atoms with Crippen LogP contribution >= 0.6 is 0 Å². The molecule has 1 amide bonds. The number of rotatable bonds is 1. The second-order valence-corrected chi connectivity index (χ2v) is 8.65. The van der Waals surface area contributed by atoms with E-state index in [4.69, 9.17) is 0 Å². The van der Waals surface area contributed by atoms with Gasteiger partial charge in [-0.05, 0) is 26.6 Å². The van der Waals surface area contributed by atoms with E-state index in [1.165, 1.54) is 0 Å². The highest BCUT2D eigenvalue weighted by Gasteiger charge is 2.32. The number of hydrogen-bond donors (Lipinski definition) is 0. The lowest BCUT2D eigenvalue weighted by molar-refractivity contribution is -0.124. The largest absolute Gasteiger partial charge is 0.273 e. The molecule has 0 aromatic carbocycles. The molecule has 0 radical (unpaired) electrons. The van der Waals surface area contributed by atoms with Gasteiger partial charge in [0.05, 0.1) is 6.42 Å². The van der Waals surface area contributed by atoms with Gasteiger partial charge in [0.25, 0.3) is 0 Å². The van der Waals surface area contributed by atoms with Gasteiger partial charge in [-0.25, -0.2) is 0 Å². The van der Waals surface area contributed by atoms with Crippen molar-refractivity contribution in [1.29, 1.82) is 0 Å². The molecule has 62 valence electrons. The second kappa shape index (κ2) is 2.44. The summed E-state index contributed by atoms with van der Waals surface area (Å²) in [5.74, 6) is 0.168. The van der Waals surface area contributed by atoms with E-state index in [1.807, 2.05) is 6.92 Å². The Morgan fingerprint density at radius 1 is 1.45 bits per heavy atom. The molecule has 0 atom stereocenters. The van der Waals surface area contributed by atoms with Gasteiger partial charge in [0, 0.05) is 5.71 Å². The zero-order valence-corrected chi connectivity index (χ0v) is 8.51. The Morgan fingerprint density at radius 3 is 2.18 bits per heavy atom. The van der Waals surface area contributed by atoms with Crippen LogP contribution in [0.15, 0.2) is 5.10 Å². The van der Waals surface area contributed by atoms with Gasteiger partial charge < -0.3 is 0 Å². The van der Waals surface area contributed by atoms with Gasteiger partial charge in [-0.1, -0.05) is 0 Å². The Hall–Kier alpha value is -0.643. The number of amides is 1. The third-order valence-electron chi connectivity index (χ3n) is 1.55. The van der Waals surface area contributed by atoms with E-state index in [2.05, 4.69) is 24.7 Å². The Morgan fingerprint density at radius 2 is 2.00 bits per heavy atom. The Kier molecular flexibility index (Phi) is 1.88. The maximum absolute atomic E-state index is 11.3.